The smallest absolute Gasteiger partial charge is 0.0304 e. The molecule has 1 aromatic rings. The Bertz CT molecular complexity index is 338. The molecule has 1 fully saturated rings. The highest BCUT2D eigenvalue weighted by Gasteiger charge is 2.20. The molecule has 17 heavy (non-hydrogen) atoms. The topological polar surface area (TPSA) is 15.3 Å². The highest BCUT2D eigenvalue weighted by molar-refractivity contribution is 7.10. The third-order valence-electron chi connectivity index (χ3n) is 3.78. The van der Waals surface area contributed by atoms with Crippen molar-refractivity contribution in [3.05, 3.63) is 21.9 Å². The quantitative estimate of drug-likeness (QED) is 0.886. The third-order valence-corrected chi connectivity index (χ3v) is 4.80. The van der Waals surface area contributed by atoms with E-state index in [2.05, 4.69) is 42.4 Å². The molecule has 0 unspecified atom stereocenters. The van der Waals surface area contributed by atoms with Crippen molar-refractivity contribution in [1.82, 2.24) is 10.2 Å². The molecule has 1 aromatic heterocycles. The van der Waals surface area contributed by atoms with E-state index in [-0.39, 0.29) is 0 Å². The number of hydrogen-bond acceptors (Lipinski definition) is 3. The van der Waals surface area contributed by atoms with Crippen molar-refractivity contribution in [1.29, 1.82) is 0 Å². The van der Waals surface area contributed by atoms with Crippen LogP contribution in [0.25, 0.3) is 0 Å². The second kappa shape index (κ2) is 5.98. The molecule has 96 valence electrons. The van der Waals surface area contributed by atoms with Gasteiger partial charge in [0.05, 0.1) is 0 Å². The predicted octanol–water partition coefficient (Wildman–Crippen LogP) is 3.02. The Hall–Kier alpha value is -0.380. The molecule has 3 heteroatoms. The molecule has 1 aliphatic heterocycles. The molecule has 2 rings (SSSR count). The number of rotatable bonds is 4. The number of aryl methyl sites for hydroxylation is 1. The first-order valence-electron chi connectivity index (χ1n) is 6.67. The van der Waals surface area contributed by atoms with Gasteiger partial charge in [-0.05, 0) is 63.7 Å². The first-order valence-corrected chi connectivity index (χ1v) is 7.55. The number of nitrogens with one attached hydrogen (secondary N) is 1. The summed E-state index contributed by atoms with van der Waals surface area (Å²) in [5, 5.41) is 5.90. The minimum Gasteiger partial charge on any atom is -0.309 e. The van der Waals surface area contributed by atoms with E-state index in [1.807, 2.05) is 11.3 Å². The van der Waals surface area contributed by atoms with Crippen molar-refractivity contribution in [2.75, 3.05) is 13.1 Å². The molecule has 0 radical (unpaired) electrons. The van der Waals surface area contributed by atoms with Crippen LogP contribution in [0.5, 0.6) is 0 Å². The van der Waals surface area contributed by atoms with Crippen molar-refractivity contribution in [2.45, 2.75) is 52.2 Å². The molecule has 2 nitrogen and oxygen atoms in total. The predicted molar refractivity (Wildman–Crippen MR) is 75.6 cm³/mol. The monoisotopic (exact) mass is 252 g/mol. The molecule has 1 aliphatic rings. The van der Waals surface area contributed by atoms with E-state index in [4.69, 9.17) is 0 Å². The molecule has 0 atom stereocenters. The fourth-order valence-electron chi connectivity index (χ4n) is 2.44. The van der Waals surface area contributed by atoms with Crippen LogP contribution in [0.1, 0.15) is 37.1 Å². The van der Waals surface area contributed by atoms with E-state index in [1.165, 1.54) is 36.4 Å². The SMILES string of the molecule is Cc1ccsc1CNC1CCN(C(C)C)CC1. The number of likely N-dealkylation sites (tertiary alicyclic amines) is 1. The third kappa shape index (κ3) is 3.54. The second-order valence-corrected chi connectivity index (χ2v) is 6.31. The fraction of sp³-hybridized carbons (Fsp3) is 0.714. The van der Waals surface area contributed by atoms with Gasteiger partial charge in [-0.2, -0.15) is 0 Å². The van der Waals surface area contributed by atoms with Crippen LogP contribution in [0, 0.1) is 6.92 Å². The van der Waals surface area contributed by atoms with Crippen molar-refractivity contribution < 1.29 is 0 Å². The molecule has 0 aromatic carbocycles. The van der Waals surface area contributed by atoms with Crippen LogP contribution in [0.3, 0.4) is 0 Å². The Kier molecular flexibility index (Phi) is 4.60. The zero-order valence-electron chi connectivity index (χ0n) is 11.2. The minimum absolute atomic E-state index is 0.704. The number of piperidine rings is 1. The largest absolute Gasteiger partial charge is 0.309 e. The van der Waals surface area contributed by atoms with Crippen LogP contribution < -0.4 is 5.32 Å². The molecule has 0 saturated carbocycles. The van der Waals surface area contributed by atoms with E-state index < -0.39 is 0 Å². The zero-order valence-corrected chi connectivity index (χ0v) is 12.0. The van der Waals surface area contributed by atoms with Gasteiger partial charge >= 0.3 is 0 Å². The van der Waals surface area contributed by atoms with Gasteiger partial charge in [0.2, 0.25) is 0 Å². The summed E-state index contributed by atoms with van der Waals surface area (Å²) in [5.41, 5.74) is 1.43. The first kappa shape index (κ1) is 13.1. The van der Waals surface area contributed by atoms with Crippen LogP contribution in [-0.2, 0) is 6.54 Å². The van der Waals surface area contributed by atoms with Gasteiger partial charge in [-0.15, -0.1) is 11.3 Å². The highest BCUT2D eigenvalue weighted by Crippen LogP contribution is 2.17. The second-order valence-electron chi connectivity index (χ2n) is 5.31. The van der Waals surface area contributed by atoms with E-state index in [9.17, 15) is 0 Å². The van der Waals surface area contributed by atoms with Crippen molar-refractivity contribution in [2.24, 2.45) is 0 Å². The summed E-state index contributed by atoms with van der Waals surface area (Å²) in [6.07, 6.45) is 2.59. The Morgan fingerprint density at radius 1 is 1.41 bits per heavy atom. The molecular weight excluding hydrogens is 228 g/mol. The van der Waals surface area contributed by atoms with E-state index in [0.29, 0.717) is 12.1 Å². The van der Waals surface area contributed by atoms with Crippen LogP contribution >= 0.6 is 11.3 Å². The van der Waals surface area contributed by atoms with Gasteiger partial charge < -0.3 is 10.2 Å². The summed E-state index contributed by atoms with van der Waals surface area (Å²) in [6, 6.07) is 3.63. The van der Waals surface area contributed by atoms with Gasteiger partial charge in [0, 0.05) is 23.5 Å². The highest BCUT2D eigenvalue weighted by atomic mass is 32.1. The molecule has 1 N–H and O–H groups in total. The van der Waals surface area contributed by atoms with Crippen molar-refractivity contribution >= 4 is 11.3 Å². The first-order chi connectivity index (χ1) is 8.16. The van der Waals surface area contributed by atoms with Gasteiger partial charge in [-0.25, -0.2) is 0 Å². The average molecular weight is 252 g/mol. The van der Waals surface area contributed by atoms with Gasteiger partial charge in [0.15, 0.2) is 0 Å². The van der Waals surface area contributed by atoms with Crippen molar-refractivity contribution in [3.63, 3.8) is 0 Å². The maximum Gasteiger partial charge on any atom is 0.0304 e. The minimum atomic E-state index is 0.704. The lowest BCUT2D eigenvalue weighted by atomic mass is 10.0. The molecule has 0 amide bonds. The number of hydrogen-bond donors (Lipinski definition) is 1. The summed E-state index contributed by atoms with van der Waals surface area (Å²) < 4.78 is 0. The molecule has 1 saturated heterocycles. The molecular formula is C14H24N2S. The summed E-state index contributed by atoms with van der Waals surface area (Å²) in [4.78, 5) is 4.07. The summed E-state index contributed by atoms with van der Waals surface area (Å²) in [5.74, 6) is 0. The molecule has 0 bridgehead atoms. The summed E-state index contributed by atoms with van der Waals surface area (Å²) in [7, 11) is 0. The summed E-state index contributed by atoms with van der Waals surface area (Å²) >= 11 is 1.87. The van der Waals surface area contributed by atoms with Gasteiger partial charge in [0.1, 0.15) is 0 Å². The average Bonchev–Trinajstić information content (AvgIpc) is 2.73. The van der Waals surface area contributed by atoms with Gasteiger partial charge in [-0.3, -0.25) is 0 Å². The number of thiophene rings is 1. The Balaban J connectivity index is 1.74. The van der Waals surface area contributed by atoms with Crippen LogP contribution in [0.4, 0.5) is 0 Å². The number of nitrogens with zero attached hydrogens (tertiary/aromatic N) is 1. The van der Waals surface area contributed by atoms with Gasteiger partial charge in [-0.1, -0.05) is 0 Å². The zero-order chi connectivity index (χ0) is 12.3. The lowest BCUT2D eigenvalue weighted by molar-refractivity contribution is 0.161. The fourth-order valence-corrected chi connectivity index (χ4v) is 3.30. The Morgan fingerprint density at radius 2 is 2.12 bits per heavy atom. The lowest BCUT2D eigenvalue weighted by Crippen LogP contribution is -2.44. The standard InChI is InChI=1S/C14H24N2S/c1-11(2)16-7-4-13(5-8-16)15-10-14-12(3)6-9-17-14/h6,9,11,13,15H,4-5,7-8,10H2,1-3H3. The summed E-state index contributed by atoms with van der Waals surface area (Å²) in [6.45, 7) is 10.3. The molecule has 0 spiro atoms. The van der Waals surface area contributed by atoms with Gasteiger partial charge in [0.25, 0.3) is 0 Å². The Labute approximate surface area is 109 Å². The van der Waals surface area contributed by atoms with Crippen LogP contribution in [0.15, 0.2) is 11.4 Å². The van der Waals surface area contributed by atoms with E-state index in [1.54, 1.807) is 0 Å². The maximum atomic E-state index is 3.71. The molecule has 2 heterocycles. The Morgan fingerprint density at radius 3 is 2.65 bits per heavy atom. The van der Waals surface area contributed by atoms with Crippen LogP contribution in [-0.4, -0.2) is 30.1 Å². The van der Waals surface area contributed by atoms with Crippen molar-refractivity contribution in [3.8, 4) is 0 Å². The van der Waals surface area contributed by atoms with E-state index in [0.717, 1.165) is 6.54 Å². The lowest BCUT2D eigenvalue weighted by Gasteiger charge is -2.35. The van der Waals surface area contributed by atoms with Crippen LogP contribution in [0.2, 0.25) is 0 Å². The normalized spacial score (nSPS) is 19.1. The maximum absolute atomic E-state index is 3.71. The van der Waals surface area contributed by atoms with E-state index >= 15 is 0 Å². The molecule has 0 aliphatic carbocycles.